The monoisotopic (exact) mass is 419 g/mol. The molecule has 6 nitrogen and oxygen atoms in total. The van der Waals surface area contributed by atoms with Crippen LogP contribution >= 0.6 is 15.9 Å². The highest BCUT2D eigenvalue weighted by molar-refractivity contribution is 9.10. The van der Waals surface area contributed by atoms with Gasteiger partial charge < -0.3 is 20.1 Å². The molecular weight excluding hydrogens is 394 g/mol. The number of nitrogens with one attached hydrogen (secondary N) is 2. The molecule has 0 bridgehead atoms. The van der Waals surface area contributed by atoms with Gasteiger partial charge >= 0.3 is 0 Å². The molecule has 26 heavy (non-hydrogen) atoms. The third-order valence-electron chi connectivity index (χ3n) is 4.05. The van der Waals surface area contributed by atoms with Gasteiger partial charge in [-0.25, -0.2) is 0 Å². The molecule has 0 aliphatic carbocycles. The molecular formula is C19H26BrN5O. The van der Waals surface area contributed by atoms with Crippen LogP contribution in [0.1, 0.15) is 28.5 Å². The molecule has 2 N–H and O–H groups in total. The number of aliphatic imine (C=N–C) groups is 1. The smallest absolute Gasteiger partial charge is 0.251 e. The van der Waals surface area contributed by atoms with E-state index in [0.717, 1.165) is 22.5 Å². The number of aromatic nitrogens is 1. The number of benzene rings is 1. The van der Waals surface area contributed by atoms with Gasteiger partial charge in [-0.2, -0.15) is 0 Å². The molecule has 0 aliphatic heterocycles. The Balaban J connectivity index is 1.93. The van der Waals surface area contributed by atoms with Gasteiger partial charge in [0.1, 0.15) is 0 Å². The Hall–Kier alpha value is -2.28. The van der Waals surface area contributed by atoms with Gasteiger partial charge in [-0.3, -0.25) is 9.79 Å². The molecule has 1 amide bonds. The molecule has 1 heterocycles. The van der Waals surface area contributed by atoms with E-state index in [9.17, 15) is 4.79 Å². The summed E-state index contributed by atoms with van der Waals surface area (Å²) in [5.74, 6) is 0.770. The van der Waals surface area contributed by atoms with Crippen molar-refractivity contribution in [3.05, 3.63) is 57.8 Å². The van der Waals surface area contributed by atoms with E-state index in [0.29, 0.717) is 18.7 Å². The maximum Gasteiger partial charge on any atom is 0.251 e. The normalized spacial score (nSPS) is 11.3. The van der Waals surface area contributed by atoms with Gasteiger partial charge in [-0.1, -0.05) is 12.1 Å². The molecule has 0 spiro atoms. The SMILES string of the molecule is CCNC(=O)c1ccc(CNC(=NC)N(C)Cc2cc(Br)cn2C)cc1. The minimum Gasteiger partial charge on any atom is -0.352 e. The second-order valence-electron chi connectivity index (χ2n) is 6.07. The zero-order valence-corrected chi connectivity index (χ0v) is 17.3. The molecule has 0 saturated carbocycles. The number of guanidine groups is 1. The lowest BCUT2D eigenvalue weighted by atomic mass is 10.1. The van der Waals surface area contributed by atoms with Crippen molar-refractivity contribution in [2.45, 2.75) is 20.0 Å². The fourth-order valence-electron chi connectivity index (χ4n) is 2.64. The van der Waals surface area contributed by atoms with Crippen molar-refractivity contribution in [1.29, 1.82) is 0 Å². The second kappa shape index (κ2) is 9.43. The van der Waals surface area contributed by atoms with Crippen molar-refractivity contribution >= 4 is 27.8 Å². The van der Waals surface area contributed by atoms with Gasteiger partial charge in [0.2, 0.25) is 0 Å². The summed E-state index contributed by atoms with van der Waals surface area (Å²) in [6.07, 6.45) is 2.04. The largest absolute Gasteiger partial charge is 0.352 e. The maximum absolute atomic E-state index is 11.8. The van der Waals surface area contributed by atoms with Crippen LogP contribution in [0.15, 0.2) is 46.0 Å². The summed E-state index contributed by atoms with van der Waals surface area (Å²) >= 11 is 3.50. The molecule has 1 aromatic carbocycles. The van der Waals surface area contributed by atoms with Crippen molar-refractivity contribution in [3.8, 4) is 0 Å². The van der Waals surface area contributed by atoms with Gasteiger partial charge in [0, 0.05) is 56.2 Å². The number of hydrogen-bond donors (Lipinski definition) is 2. The van der Waals surface area contributed by atoms with Crippen LogP contribution in [0, 0.1) is 0 Å². The van der Waals surface area contributed by atoms with Crippen LogP contribution in [0.2, 0.25) is 0 Å². The number of halogens is 1. The number of amides is 1. The van der Waals surface area contributed by atoms with E-state index >= 15 is 0 Å². The highest BCUT2D eigenvalue weighted by Crippen LogP contribution is 2.15. The lowest BCUT2D eigenvalue weighted by Gasteiger charge is -2.22. The third kappa shape index (κ3) is 5.36. The minimum atomic E-state index is -0.0451. The van der Waals surface area contributed by atoms with Crippen LogP contribution < -0.4 is 10.6 Å². The lowest BCUT2D eigenvalue weighted by Crippen LogP contribution is -2.38. The van der Waals surface area contributed by atoms with Crippen LogP contribution in [0.25, 0.3) is 0 Å². The molecule has 0 aliphatic rings. The average molecular weight is 420 g/mol. The van der Waals surface area contributed by atoms with Crippen LogP contribution in [0.3, 0.4) is 0 Å². The number of rotatable bonds is 6. The summed E-state index contributed by atoms with van der Waals surface area (Å²) in [7, 11) is 5.81. The van der Waals surface area contributed by atoms with E-state index in [1.165, 1.54) is 5.69 Å². The van der Waals surface area contributed by atoms with Crippen molar-refractivity contribution in [2.24, 2.45) is 12.0 Å². The Labute approximate surface area is 163 Å². The van der Waals surface area contributed by atoms with Crippen LogP contribution in [-0.2, 0) is 20.1 Å². The average Bonchev–Trinajstić information content (AvgIpc) is 2.93. The van der Waals surface area contributed by atoms with Gasteiger partial charge in [-0.05, 0) is 46.6 Å². The summed E-state index contributed by atoms with van der Waals surface area (Å²) < 4.78 is 3.16. The lowest BCUT2D eigenvalue weighted by molar-refractivity contribution is 0.0956. The molecule has 0 unspecified atom stereocenters. The molecule has 2 aromatic rings. The van der Waals surface area contributed by atoms with Crippen molar-refractivity contribution in [3.63, 3.8) is 0 Å². The predicted octanol–water partition coefficient (Wildman–Crippen LogP) is 2.74. The van der Waals surface area contributed by atoms with Crippen molar-refractivity contribution < 1.29 is 4.79 Å². The Kier molecular flexibility index (Phi) is 7.26. The quantitative estimate of drug-likeness (QED) is 0.558. The zero-order chi connectivity index (χ0) is 19.1. The highest BCUT2D eigenvalue weighted by Gasteiger charge is 2.10. The number of carbonyl (C=O) groups excluding carboxylic acids is 1. The number of hydrogen-bond acceptors (Lipinski definition) is 2. The van der Waals surface area contributed by atoms with E-state index in [2.05, 4.69) is 47.1 Å². The zero-order valence-electron chi connectivity index (χ0n) is 15.7. The molecule has 7 heteroatoms. The van der Waals surface area contributed by atoms with Gasteiger partial charge in [0.15, 0.2) is 5.96 Å². The fraction of sp³-hybridized carbons (Fsp3) is 0.368. The standard InChI is InChI=1S/C19H26BrN5O/c1-5-22-18(26)15-8-6-14(7-9-15)11-23-19(21-2)25(4)13-17-10-16(20)12-24(17)3/h6-10,12H,5,11,13H2,1-4H3,(H,21,23)(H,22,26). The first-order valence-electron chi connectivity index (χ1n) is 8.54. The molecule has 0 saturated heterocycles. The first-order valence-corrected chi connectivity index (χ1v) is 9.33. The molecule has 0 radical (unpaired) electrons. The molecule has 1 aromatic heterocycles. The van der Waals surface area contributed by atoms with Gasteiger partial charge in [0.05, 0.1) is 6.54 Å². The molecule has 0 atom stereocenters. The highest BCUT2D eigenvalue weighted by atomic mass is 79.9. The summed E-state index contributed by atoms with van der Waals surface area (Å²) in [6.45, 7) is 3.93. The summed E-state index contributed by atoms with van der Waals surface area (Å²) in [6, 6.07) is 9.70. The summed E-state index contributed by atoms with van der Waals surface area (Å²) in [5.41, 5.74) is 2.95. The minimum absolute atomic E-state index is 0.0451. The van der Waals surface area contributed by atoms with E-state index in [1.807, 2.05) is 51.5 Å². The third-order valence-corrected chi connectivity index (χ3v) is 4.48. The Morgan fingerprint density at radius 1 is 1.27 bits per heavy atom. The fourth-order valence-corrected chi connectivity index (χ4v) is 3.22. The summed E-state index contributed by atoms with van der Waals surface area (Å²) in [4.78, 5) is 18.2. The first kappa shape index (κ1) is 20.0. The molecule has 0 fully saturated rings. The van der Waals surface area contributed by atoms with Crippen LogP contribution in [0.5, 0.6) is 0 Å². The van der Waals surface area contributed by atoms with Crippen molar-refractivity contribution in [1.82, 2.24) is 20.1 Å². The Morgan fingerprint density at radius 3 is 2.50 bits per heavy atom. The van der Waals surface area contributed by atoms with E-state index in [1.54, 1.807) is 7.05 Å². The predicted molar refractivity (Wildman–Crippen MR) is 109 cm³/mol. The van der Waals surface area contributed by atoms with Crippen LogP contribution in [-0.4, -0.2) is 42.0 Å². The van der Waals surface area contributed by atoms with E-state index in [-0.39, 0.29) is 5.91 Å². The summed E-state index contributed by atoms with van der Waals surface area (Å²) in [5, 5.41) is 6.16. The van der Waals surface area contributed by atoms with Crippen LogP contribution in [0.4, 0.5) is 0 Å². The van der Waals surface area contributed by atoms with E-state index < -0.39 is 0 Å². The second-order valence-corrected chi connectivity index (χ2v) is 6.99. The van der Waals surface area contributed by atoms with Gasteiger partial charge in [-0.15, -0.1) is 0 Å². The topological polar surface area (TPSA) is 61.7 Å². The Bertz CT molecular complexity index is 767. The maximum atomic E-state index is 11.8. The number of nitrogens with zero attached hydrogens (tertiary/aromatic N) is 3. The van der Waals surface area contributed by atoms with E-state index in [4.69, 9.17) is 0 Å². The molecule has 140 valence electrons. The number of aryl methyl sites for hydroxylation is 1. The Morgan fingerprint density at radius 2 is 1.96 bits per heavy atom. The number of carbonyl (C=O) groups is 1. The first-order chi connectivity index (χ1) is 12.4. The van der Waals surface area contributed by atoms with Gasteiger partial charge in [0.25, 0.3) is 5.91 Å². The van der Waals surface area contributed by atoms with Crippen molar-refractivity contribution in [2.75, 3.05) is 20.6 Å². The molecule has 2 rings (SSSR count).